The Labute approximate surface area is 186 Å². The van der Waals surface area contributed by atoms with E-state index in [1.54, 1.807) is 18.2 Å². The van der Waals surface area contributed by atoms with E-state index in [0.717, 1.165) is 22.6 Å². The lowest BCUT2D eigenvalue weighted by molar-refractivity contribution is -0.123. The molecule has 1 saturated heterocycles. The number of urea groups is 1. The molecule has 1 unspecified atom stereocenters. The highest BCUT2D eigenvalue weighted by Gasteiger charge is 2.36. The molecule has 2 aromatic carbocycles. The third kappa shape index (κ3) is 3.92. The summed E-state index contributed by atoms with van der Waals surface area (Å²) in [7, 11) is 2.06. The number of rotatable bonds is 3. The van der Waals surface area contributed by atoms with E-state index in [4.69, 9.17) is 11.6 Å². The van der Waals surface area contributed by atoms with E-state index >= 15 is 0 Å². The molecule has 1 N–H and O–H groups in total. The summed E-state index contributed by atoms with van der Waals surface area (Å²) in [5, 5.41) is 3.15. The molecule has 2 aromatic rings. The minimum absolute atomic E-state index is 0.0198. The van der Waals surface area contributed by atoms with Crippen LogP contribution in [0.25, 0.3) is 6.08 Å². The Morgan fingerprint density at radius 2 is 1.90 bits per heavy atom. The number of carbonyl (C=O) groups is 2. The summed E-state index contributed by atoms with van der Waals surface area (Å²) < 4.78 is 13.1. The van der Waals surface area contributed by atoms with Crippen LogP contribution in [0.5, 0.6) is 0 Å². The van der Waals surface area contributed by atoms with Crippen molar-refractivity contribution in [3.05, 3.63) is 69.6 Å². The number of nitrogens with one attached hydrogen (secondary N) is 1. The molecule has 0 radical (unpaired) electrons. The Morgan fingerprint density at radius 3 is 2.58 bits per heavy atom. The third-order valence-electron chi connectivity index (χ3n) is 6.27. The minimum atomic E-state index is -0.510. The summed E-state index contributed by atoms with van der Waals surface area (Å²) in [6.45, 7) is 6.67. The molecule has 162 valence electrons. The Hall–Kier alpha value is -2.86. The van der Waals surface area contributed by atoms with Crippen molar-refractivity contribution in [1.29, 1.82) is 0 Å². The molecule has 5 nitrogen and oxygen atoms in total. The molecule has 31 heavy (non-hydrogen) atoms. The van der Waals surface area contributed by atoms with Crippen molar-refractivity contribution < 1.29 is 14.0 Å². The molecule has 0 aliphatic carbocycles. The average Bonchev–Trinajstić information content (AvgIpc) is 2.96. The fraction of sp³-hybridized carbons (Fsp3) is 0.333. The fourth-order valence-corrected chi connectivity index (χ4v) is 4.57. The van der Waals surface area contributed by atoms with Gasteiger partial charge in [0.05, 0.1) is 6.54 Å². The average molecular weight is 442 g/mol. The van der Waals surface area contributed by atoms with Gasteiger partial charge in [0.25, 0.3) is 5.91 Å². The van der Waals surface area contributed by atoms with Gasteiger partial charge in [0.15, 0.2) is 0 Å². The van der Waals surface area contributed by atoms with E-state index in [1.807, 2.05) is 12.1 Å². The highest BCUT2D eigenvalue weighted by molar-refractivity contribution is 6.32. The van der Waals surface area contributed by atoms with Gasteiger partial charge in [-0.2, -0.15) is 0 Å². The number of fused-ring (bicyclic) bond motifs is 1. The van der Waals surface area contributed by atoms with E-state index in [1.165, 1.54) is 12.1 Å². The molecule has 1 atom stereocenters. The van der Waals surface area contributed by atoms with Crippen LogP contribution in [0, 0.1) is 5.82 Å². The van der Waals surface area contributed by atoms with E-state index in [9.17, 15) is 14.0 Å². The van der Waals surface area contributed by atoms with Crippen molar-refractivity contribution in [3.8, 4) is 0 Å². The molecule has 7 heteroatoms. The van der Waals surface area contributed by atoms with E-state index in [0.29, 0.717) is 22.1 Å². The van der Waals surface area contributed by atoms with Crippen LogP contribution in [0.1, 0.15) is 49.8 Å². The topological polar surface area (TPSA) is 52.7 Å². The van der Waals surface area contributed by atoms with Crippen molar-refractivity contribution >= 4 is 35.3 Å². The number of imide groups is 1. The summed E-state index contributed by atoms with van der Waals surface area (Å²) in [5.74, 6) is -0.472. The number of anilines is 1. The molecule has 2 aliphatic heterocycles. The Bertz CT molecular complexity index is 1090. The molecule has 0 spiro atoms. The molecule has 2 aliphatic rings. The molecule has 0 bridgehead atoms. The van der Waals surface area contributed by atoms with Crippen LogP contribution in [0.2, 0.25) is 5.02 Å². The van der Waals surface area contributed by atoms with Crippen molar-refractivity contribution in [2.45, 2.75) is 45.2 Å². The van der Waals surface area contributed by atoms with Crippen molar-refractivity contribution in [3.63, 3.8) is 0 Å². The number of hydrogen-bond acceptors (Lipinski definition) is 3. The maximum Gasteiger partial charge on any atom is 0.329 e. The molecule has 3 amide bonds. The van der Waals surface area contributed by atoms with Crippen molar-refractivity contribution in [2.75, 3.05) is 11.9 Å². The van der Waals surface area contributed by atoms with Gasteiger partial charge in [-0.3, -0.25) is 9.69 Å². The van der Waals surface area contributed by atoms with Crippen molar-refractivity contribution in [2.24, 2.45) is 0 Å². The Balaban J connectivity index is 1.63. The maximum atomic E-state index is 13.1. The van der Waals surface area contributed by atoms with Gasteiger partial charge in [-0.1, -0.05) is 30.7 Å². The number of halogens is 2. The molecule has 4 rings (SSSR count). The zero-order chi connectivity index (χ0) is 22.5. The molecular formula is C24H25ClFN3O2. The lowest BCUT2D eigenvalue weighted by atomic mass is 9.80. The monoisotopic (exact) mass is 441 g/mol. The van der Waals surface area contributed by atoms with Crippen LogP contribution in [0.4, 0.5) is 14.9 Å². The predicted molar refractivity (Wildman–Crippen MR) is 120 cm³/mol. The van der Waals surface area contributed by atoms with Crippen LogP contribution >= 0.6 is 11.6 Å². The normalized spacial score (nSPS) is 21.5. The van der Waals surface area contributed by atoms with Gasteiger partial charge in [-0.25, -0.2) is 9.18 Å². The van der Waals surface area contributed by atoms with Crippen LogP contribution in [0.3, 0.4) is 0 Å². The van der Waals surface area contributed by atoms with Crippen LogP contribution < -0.4 is 10.2 Å². The number of amides is 3. The van der Waals surface area contributed by atoms with Crippen molar-refractivity contribution in [1.82, 2.24) is 10.2 Å². The summed E-state index contributed by atoms with van der Waals surface area (Å²) in [6.07, 6.45) is 2.62. The predicted octanol–water partition coefficient (Wildman–Crippen LogP) is 5.29. The van der Waals surface area contributed by atoms with E-state index < -0.39 is 11.9 Å². The number of hydrogen-bond donors (Lipinski definition) is 1. The van der Waals surface area contributed by atoms with Gasteiger partial charge in [0.2, 0.25) is 0 Å². The minimum Gasteiger partial charge on any atom is -0.369 e. The summed E-state index contributed by atoms with van der Waals surface area (Å²) in [5.41, 5.74) is 3.79. The van der Waals surface area contributed by atoms with Gasteiger partial charge in [-0.15, -0.1) is 0 Å². The first-order chi connectivity index (χ1) is 14.6. The highest BCUT2D eigenvalue weighted by Crippen LogP contribution is 2.44. The quantitative estimate of drug-likeness (QED) is 0.519. The van der Waals surface area contributed by atoms with Crippen LogP contribution in [-0.2, 0) is 11.3 Å². The lowest BCUT2D eigenvalue weighted by Gasteiger charge is -2.45. The van der Waals surface area contributed by atoms with Gasteiger partial charge < -0.3 is 10.2 Å². The smallest absolute Gasteiger partial charge is 0.329 e. The summed E-state index contributed by atoms with van der Waals surface area (Å²) in [4.78, 5) is 28.6. The first kappa shape index (κ1) is 21.4. The molecule has 0 saturated carbocycles. The zero-order valence-electron chi connectivity index (χ0n) is 18.0. The number of carbonyl (C=O) groups excluding carboxylic acids is 2. The first-order valence-electron chi connectivity index (χ1n) is 10.2. The molecule has 2 heterocycles. The second-order valence-electron chi connectivity index (χ2n) is 8.92. The third-order valence-corrected chi connectivity index (χ3v) is 6.60. The molecular weight excluding hydrogens is 417 g/mol. The fourth-order valence-electron chi connectivity index (χ4n) is 4.36. The molecule has 1 fully saturated rings. The number of benzene rings is 2. The standard InChI is InChI=1S/C24H25ClFN3O2/c1-14-12-24(2,3)28(4)21-11-19(25)16(9-18(14)21)10-20-22(30)29(23(31)27-20)13-15-5-7-17(26)8-6-15/h5-11,14H,12-13H2,1-4H3,(H,27,31)/b20-10-. The lowest BCUT2D eigenvalue weighted by Crippen LogP contribution is -2.45. The van der Waals surface area contributed by atoms with E-state index in [2.05, 4.69) is 38.0 Å². The Morgan fingerprint density at radius 1 is 1.23 bits per heavy atom. The largest absolute Gasteiger partial charge is 0.369 e. The second kappa shape index (κ2) is 7.68. The Kier molecular flexibility index (Phi) is 5.30. The van der Waals surface area contributed by atoms with Gasteiger partial charge in [-0.05, 0) is 73.2 Å². The zero-order valence-corrected chi connectivity index (χ0v) is 18.8. The SMILES string of the molecule is CC1CC(C)(C)N(C)c2cc(Cl)c(/C=C3\NC(=O)N(Cc4ccc(F)cc4)C3=O)cc21. The van der Waals surface area contributed by atoms with Gasteiger partial charge in [0, 0.05) is 23.3 Å². The van der Waals surface area contributed by atoms with Crippen LogP contribution in [-0.4, -0.2) is 29.4 Å². The van der Waals surface area contributed by atoms with Gasteiger partial charge >= 0.3 is 6.03 Å². The van der Waals surface area contributed by atoms with Gasteiger partial charge in [0.1, 0.15) is 11.5 Å². The van der Waals surface area contributed by atoms with Crippen LogP contribution in [0.15, 0.2) is 42.1 Å². The summed E-state index contributed by atoms with van der Waals surface area (Å²) >= 11 is 6.57. The van der Waals surface area contributed by atoms with E-state index in [-0.39, 0.29) is 23.6 Å². The summed E-state index contributed by atoms with van der Waals surface area (Å²) in [6, 6.07) is 9.13. The number of nitrogens with zero attached hydrogens (tertiary/aromatic N) is 2. The second-order valence-corrected chi connectivity index (χ2v) is 9.32. The maximum absolute atomic E-state index is 13.1. The first-order valence-corrected chi connectivity index (χ1v) is 10.6. The molecule has 0 aromatic heterocycles. The highest BCUT2D eigenvalue weighted by atomic mass is 35.5.